The fourth-order valence-corrected chi connectivity index (χ4v) is 5.10. The predicted octanol–water partition coefficient (Wildman–Crippen LogP) is 3.62. The lowest BCUT2D eigenvalue weighted by molar-refractivity contribution is 0.102. The minimum atomic E-state index is -4.01. The molecule has 0 spiro atoms. The van der Waals surface area contributed by atoms with Crippen molar-refractivity contribution in [1.29, 1.82) is 0 Å². The van der Waals surface area contributed by atoms with Crippen molar-refractivity contribution in [3.05, 3.63) is 70.6 Å². The molecule has 170 valence electrons. The highest BCUT2D eigenvalue weighted by molar-refractivity contribution is 7.91. The maximum Gasteiger partial charge on any atom is 0.272 e. The topological polar surface area (TPSA) is 131 Å². The summed E-state index contributed by atoms with van der Waals surface area (Å²) >= 11 is 6.72. The molecule has 10 nitrogen and oxygen atoms in total. The van der Waals surface area contributed by atoms with Gasteiger partial charge in [0.1, 0.15) is 0 Å². The Kier molecular flexibility index (Phi) is 6.51. The summed E-state index contributed by atoms with van der Waals surface area (Å²) in [5, 5.41) is 14.5. The van der Waals surface area contributed by atoms with Gasteiger partial charge in [-0.2, -0.15) is 9.29 Å². The smallest absolute Gasteiger partial charge is 0.272 e. The molecule has 33 heavy (non-hydrogen) atoms. The van der Waals surface area contributed by atoms with E-state index in [1.54, 1.807) is 48.5 Å². The lowest BCUT2D eigenvalue weighted by Gasteiger charge is -2.11. The molecule has 2 aromatic carbocycles. The Bertz CT molecular complexity index is 1400. The van der Waals surface area contributed by atoms with Crippen LogP contribution in [-0.2, 0) is 16.6 Å². The van der Waals surface area contributed by atoms with Gasteiger partial charge in [0.2, 0.25) is 21.2 Å². The van der Waals surface area contributed by atoms with Crippen LogP contribution in [-0.4, -0.2) is 46.0 Å². The van der Waals surface area contributed by atoms with Crippen molar-refractivity contribution in [3.63, 3.8) is 0 Å². The molecule has 2 aromatic heterocycles. The van der Waals surface area contributed by atoms with Gasteiger partial charge < -0.3 is 4.52 Å². The Morgan fingerprint density at radius 2 is 1.94 bits per heavy atom. The van der Waals surface area contributed by atoms with E-state index in [0.29, 0.717) is 16.1 Å². The number of aryl methyl sites for hydroxylation is 1. The minimum absolute atomic E-state index is 0.0635. The number of aromatic nitrogens is 4. The molecule has 0 aliphatic rings. The molecule has 0 bridgehead atoms. The molecular weight excluding hydrogens is 488 g/mol. The SMILES string of the molecule is Cc1ccc(C(=O)Nc2nnc(S(=O)(=O)N(C)Cc3nc(-c4cccc(Cl)c4)no3)s2)cc1. The van der Waals surface area contributed by atoms with E-state index in [1.807, 2.05) is 6.92 Å². The molecule has 13 heteroatoms. The van der Waals surface area contributed by atoms with Crippen LogP contribution in [0.5, 0.6) is 0 Å². The van der Waals surface area contributed by atoms with E-state index in [1.165, 1.54) is 7.05 Å². The number of carbonyl (C=O) groups excluding carboxylic acids is 1. The van der Waals surface area contributed by atoms with E-state index in [9.17, 15) is 13.2 Å². The second-order valence-electron chi connectivity index (χ2n) is 6.98. The minimum Gasteiger partial charge on any atom is -0.338 e. The van der Waals surface area contributed by atoms with Gasteiger partial charge in [-0.15, -0.1) is 10.2 Å². The zero-order valence-electron chi connectivity index (χ0n) is 17.4. The summed E-state index contributed by atoms with van der Waals surface area (Å²) < 4.78 is 31.7. The van der Waals surface area contributed by atoms with Crippen LogP contribution < -0.4 is 5.32 Å². The third-order valence-corrected chi connectivity index (χ3v) is 7.70. The van der Waals surface area contributed by atoms with Crippen LogP contribution in [0.1, 0.15) is 21.8 Å². The number of halogens is 1. The molecule has 4 aromatic rings. The fourth-order valence-electron chi connectivity index (χ4n) is 2.71. The van der Waals surface area contributed by atoms with Crippen LogP contribution in [0.15, 0.2) is 57.4 Å². The molecule has 4 rings (SSSR count). The highest BCUT2D eigenvalue weighted by atomic mass is 35.5. The van der Waals surface area contributed by atoms with Crippen LogP contribution in [0, 0.1) is 6.92 Å². The molecule has 0 aliphatic heterocycles. The number of benzene rings is 2. The average Bonchev–Trinajstić information content (AvgIpc) is 3.44. The Morgan fingerprint density at radius 3 is 2.67 bits per heavy atom. The summed E-state index contributed by atoms with van der Waals surface area (Å²) in [5.41, 5.74) is 2.07. The summed E-state index contributed by atoms with van der Waals surface area (Å²) in [6.07, 6.45) is 0. The van der Waals surface area contributed by atoms with Gasteiger partial charge in [0.15, 0.2) is 0 Å². The second kappa shape index (κ2) is 9.35. The van der Waals surface area contributed by atoms with Crippen LogP contribution in [0.4, 0.5) is 5.13 Å². The summed E-state index contributed by atoms with van der Waals surface area (Å²) in [6.45, 7) is 1.73. The first kappa shape index (κ1) is 23.0. The molecule has 0 radical (unpaired) electrons. The van der Waals surface area contributed by atoms with Crippen LogP contribution in [0.3, 0.4) is 0 Å². The molecule has 0 saturated heterocycles. The van der Waals surface area contributed by atoms with Gasteiger partial charge in [0.25, 0.3) is 15.9 Å². The molecule has 0 fully saturated rings. The highest BCUT2D eigenvalue weighted by Gasteiger charge is 2.28. The van der Waals surface area contributed by atoms with E-state index >= 15 is 0 Å². The van der Waals surface area contributed by atoms with Crippen molar-refractivity contribution in [1.82, 2.24) is 24.6 Å². The molecular formula is C20H17ClN6O4S2. The molecule has 0 unspecified atom stereocenters. The van der Waals surface area contributed by atoms with Crippen molar-refractivity contribution in [2.24, 2.45) is 0 Å². The molecule has 1 N–H and O–H groups in total. The summed E-state index contributed by atoms with van der Waals surface area (Å²) in [5.74, 6) is -0.0355. The van der Waals surface area contributed by atoms with Gasteiger partial charge in [-0.1, -0.05) is 57.9 Å². The third kappa shape index (κ3) is 5.25. The number of hydrogen-bond acceptors (Lipinski definition) is 9. The van der Waals surface area contributed by atoms with Crippen molar-refractivity contribution in [2.75, 3.05) is 12.4 Å². The first-order valence-corrected chi connectivity index (χ1v) is 12.1. The Hall–Kier alpha value is -3.19. The fraction of sp³-hybridized carbons (Fsp3) is 0.150. The quantitative estimate of drug-likeness (QED) is 0.377. The largest absolute Gasteiger partial charge is 0.338 e. The average molecular weight is 505 g/mol. The first-order chi connectivity index (χ1) is 15.7. The van der Waals surface area contributed by atoms with Crippen molar-refractivity contribution >= 4 is 44.0 Å². The van der Waals surface area contributed by atoms with E-state index in [-0.39, 0.29) is 27.7 Å². The van der Waals surface area contributed by atoms with Crippen LogP contribution in [0.25, 0.3) is 11.4 Å². The number of amides is 1. The van der Waals surface area contributed by atoms with E-state index in [4.69, 9.17) is 16.1 Å². The maximum atomic E-state index is 12.9. The Labute approximate surface area is 198 Å². The normalized spacial score (nSPS) is 11.6. The van der Waals surface area contributed by atoms with Gasteiger partial charge in [-0.05, 0) is 31.2 Å². The lowest BCUT2D eigenvalue weighted by Crippen LogP contribution is -2.26. The van der Waals surface area contributed by atoms with Crippen molar-refractivity contribution in [2.45, 2.75) is 17.8 Å². The van der Waals surface area contributed by atoms with Gasteiger partial charge in [0.05, 0.1) is 6.54 Å². The third-order valence-electron chi connectivity index (χ3n) is 4.48. The van der Waals surface area contributed by atoms with Crippen molar-refractivity contribution in [3.8, 4) is 11.4 Å². The maximum absolute atomic E-state index is 12.9. The van der Waals surface area contributed by atoms with Crippen molar-refractivity contribution < 1.29 is 17.7 Å². The number of nitrogens with zero attached hydrogens (tertiary/aromatic N) is 5. The molecule has 1 amide bonds. The Balaban J connectivity index is 1.44. The predicted molar refractivity (Wildman–Crippen MR) is 122 cm³/mol. The number of sulfonamides is 1. The number of hydrogen-bond donors (Lipinski definition) is 1. The zero-order chi connectivity index (χ0) is 23.6. The first-order valence-electron chi connectivity index (χ1n) is 9.49. The summed E-state index contributed by atoms with van der Waals surface area (Å²) in [7, 11) is -2.65. The van der Waals surface area contributed by atoms with Gasteiger partial charge in [0, 0.05) is 23.2 Å². The van der Waals surface area contributed by atoms with E-state index in [2.05, 4.69) is 25.7 Å². The van der Waals surface area contributed by atoms with Crippen LogP contribution >= 0.6 is 22.9 Å². The number of rotatable bonds is 7. The summed E-state index contributed by atoms with van der Waals surface area (Å²) in [4.78, 5) is 16.6. The molecule has 2 heterocycles. The number of nitrogens with one attached hydrogen (secondary N) is 1. The lowest BCUT2D eigenvalue weighted by atomic mass is 10.1. The molecule has 0 saturated carbocycles. The highest BCUT2D eigenvalue weighted by Crippen LogP contribution is 2.25. The molecule has 0 atom stereocenters. The molecule has 0 aliphatic carbocycles. The van der Waals surface area contributed by atoms with Crippen LogP contribution in [0.2, 0.25) is 5.02 Å². The second-order valence-corrected chi connectivity index (χ2v) is 10.6. The van der Waals surface area contributed by atoms with Gasteiger partial charge in [-0.25, -0.2) is 8.42 Å². The Morgan fingerprint density at radius 1 is 1.18 bits per heavy atom. The van der Waals surface area contributed by atoms with Gasteiger partial charge >= 0.3 is 0 Å². The zero-order valence-corrected chi connectivity index (χ0v) is 19.8. The number of carbonyl (C=O) groups is 1. The number of anilines is 1. The van der Waals surface area contributed by atoms with E-state index in [0.717, 1.165) is 21.2 Å². The van der Waals surface area contributed by atoms with E-state index < -0.39 is 15.9 Å². The standard InChI is InChI=1S/C20H17ClN6O4S2/c1-12-6-8-13(9-7-12)18(28)23-19-24-25-20(32-19)33(29,30)27(2)11-16-22-17(26-31-16)14-4-3-5-15(21)10-14/h3-10H,11H2,1-2H3,(H,23,24,28). The monoisotopic (exact) mass is 504 g/mol. The van der Waals surface area contributed by atoms with Gasteiger partial charge in [-0.3, -0.25) is 10.1 Å². The summed E-state index contributed by atoms with van der Waals surface area (Å²) in [6, 6.07) is 13.8.